The third-order valence-electron chi connectivity index (χ3n) is 0.816. The maximum absolute atomic E-state index is 3.65. The van der Waals surface area contributed by atoms with E-state index < -0.39 is 0 Å². The van der Waals surface area contributed by atoms with Gasteiger partial charge in [-0.3, -0.25) is 0 Å². The molecule has 0 heterocycles. The van der Waals surface area contributed by atoms with Crippen molar-refractivity contribution in [1.82, 2.24) is 0 Å². The quantitative estimate of drug-likeness (QED) is 0.475. The summed E-state index contributed by atoms with van der Waals surface area (Å²) in [4.78, 5) is 0. The van der Waals surface area contributed by atoms with Crippen molar-refractivity contribution >= 4 is 22.9 Å². The van der Waals surface area contributed by atoms with Crippen molar-refractivity contribution in [2.75, 3.05) is 0 Å². The minimum absolute atomic E-state index is 0.350. The fourth-order valence-corrected chi connectivity index (χ4v) is 2.73. The third kappa shape index (κ3) is 6.35. The second kappa shape index (κ2) is 6.35. The molecule has 0 bridgehead atoms. The summed E-state index contributed by atoms with van der Waals surface area (Å²) in [7, 11) is 0. The molecule has 0 aliphatic heterocycles. The van der Waals surface area contributed by atoms with Crippen LogP contribution in [0, 0.1) is 0 Å². The van der Waals surface area contributed by atoms with Crippen LogP contribution in [-0.4, -0.2) is 22.9 Å². The van der Waals surface area contributed by atoms with Gasteiger partial charge in [-0.1, -0.05) is 0 Å². The summed E-state index contributed by atoms with van der Waals surface area (Å²) in [6.07, 6.45) is 4.05. The Morgan fingerprint density at radius 1 is 1.14 bits per heavy atom. The summed E-state index contributed by atoms with van der Waals surface area (Å²) < 4.78 is 2.65. The first-order valence-electron chi connectivity index (χ1n) is 2.63. The zero-order valence-electron chi connectivity index (χ0n) is 4.69. The number of allylic oxidation sites excluding steroid dienone is 2. The maximum atomic E-state index is 3.65. The summed E-state index contributed by atoms with van der Waals surface area (Å²) in [6.45, 7) is 7.30. The van der Waals surface area contributed by atoms with Gasteiger partial charge in [0.05, 0.1) is 0 Å². The molecule has 0 radical (unpaired) electrons. The molecule has 0 atom stereocenters. The topological polar surface area (TPSA) is 0 Å². The van der Waals surface area contributed by atoms with E-state index in [4.69, 9.17) is 0 Å². The van der Waals surface area contributed by atoms with Crippen molar-refractivity contribution in [3.63, 3.8) is 0 Å². The summed E-state index contributed by atoms with van der Waals surface area (Å²) >= 11 is -0.350. The van der Waals surface area contributed by atoms with Crippen LogP contribution in [0.3, 0.4) is 0 Å². The van der Waals surface area contributed by atoms with Crippen LogP contribution < -0.4 is 0 Å². The van der Waals surface area contributed by atoms with Gasteiger partial charge in [0, 0.05) is 0 Å². The van der Waals surface area contributed by atoms with Crippen LogP contribution in [0.15, 0.2) is 25.3 Å². The molecular weight excluding hydrogens is 187 g/mol. The van der Waals surface area contributed by atoms with Crippen LogP contribution in [-0.2, 0) is 0 Å². The Morgan fingerprint density at radius 3 is 1.86 bits per heavy atom. The summed E-state index contributed by atoms with van der Waals surface area (Å²) in [5.74, 6) is 0. The van der Waals surface area contributed by atoms with Gasteiger partial charge in [0.25, 0.3) is 0 Å². The molecule has 0 N–H and O–H groups in total. The second-order valence-corrected chi connectivity index (χ2v) is 6.82. The molecule has 0 aromatic heterocycles. The van der Waals surface area contributed by atoms with Crippen molar-refractivity contribution in [3.8, 4) is 0 Å². The van der Waals surface area contributed by atoms with Gasteiger partial charge in [-0.05, 0) is 0 Å². The molecule has 0 aliphatic carbocycles. The summed E-state index contributed by atoms with van der Waals surface area (Å²) in [5, 5.41) is 0. The predicted molar refractivity (Wildman–Crippen MR) is 37.2 cm³/mol. The number of hydrogen-bond acceptors (Lipinski definition) is 0. The van der Waals surface area contributed by atoms with Gasteiger partial charge in [0.2, 0.25) is 0 Å². The zero-order valence-corrected chi connectivity index (χ0v) is 8.73. The monoisotopic (exact) mass is 198 g/mol. The van der Waals surface area contributed by atoms with E-state index in [0.717, 1.165) is 0 Å². The molecule has 38 valence electrons. The molecule has 7 heavy (non-hydrogen) atoms. The molecule has 0 aromatic rings. The van der Waals surface area contributed by atoms with Crippen molar-refractivity contribution in [1.29, 1.82) is 0 Å². The Kier molecular flexibility index (Phi) is 6.67. The van der Waals surface area contributed by atoms with Crippen LogP contribution in [0.2, 0.25) is 8.35 Å². The average molecular weight is 198 g/mol. The predicted octanol–water partition coefficient (Wildman–Crippen LogP) is 1.63. The second-order valence-electron chi connectivity index (χ2n) is 1.51. The van der Waals surface area contributed by atoms with Crippen LogP contribution in [0.1, 0.15) is 0 Å². The Labute approximate surface area is 56.7 Å². The van der Waals surface area contributed by atoms with Gasteiger partial charge in [-0.2, -0.15) is 0 Å². The van der Waals surface area contributed by atoms with Gasteiger partial charge in [-0.25, -0.2) is 0 Å². The van der Waals surface area contributed by atoms with Gasteiger partial charge < -0.3 is 0 Å². The number of hydrogen-bond donors (Lipinski definition) is 0. The molecule has 0 rings (SSSR count). The van der Waals surface area contributed by atoms with Crippen molar-refractivity contribution < 1.29 is 0 Å². The van der Waals surface area contributed by atoms with Gasteiger partial charge in [-0.15, -0.1) is 0 Å². The SMILES string of the molecule is C=C[CH2][InH][CH2]C=C. The van der Waals surface area contributed by atoms with E-state index in [-0.39, 0.29) is 22.9 Å². The average Bonchev–Trinajstić information content (AvgIpc) is 1.69. The molecule has 0 saturated heterocycles. The first-order valence-corrected chi connectivity index (χ1v) is 8.34. The Balaban J connectivity index is 2.68. The summed E-state index contributed by atoms with van der Waals surface area (Å²) in [5.41, 5.74) is 0. The molecule has 0 saturated carbocycles. The fourth-order valence-electron chi connectivity index (χ4n) is 0.407. The molecule has 0 unspecified atom stereocenters. The zero-order chi connectivity index (χ0) is 5.54. The Hall–Kier alpha value is 0.350. The van der Waals surface area contributed by atoms with E-state index in [1.54, 1.807) is 0 Å². The summed E-state index contributed by atoms with van der Waals surface area (Å²) in [6, 6.07) is 0. The minimum atomic E-state index is -0.350. The van der Waals surface area contributed by atoms with E-state index >= 15 is 0 Å². The third-order valence-corrected chi connectivity index (χ3v) is 5.48. The Morgan fingerprint density at radius 2 is 1.57 bits per heavy atom. The molecule has 0 aliphatic rings. The standard InChI is InChI=1S/2C3H5.In.H/c2*1-3-2;;/h2*3H,1-2H2;;. The van der Waals surface area contributed by atoms with E-state index in [9.17, 15) is 0 Å². The normalized spacial score (nSPS) is 7.43. The fraction of sp³-hybridized carbons (Fsp3) is 0.333. The molecule has 0 spiro atoms. The van der Waals surface area contributed by atoms with Gasteiger partial charge >= 0.3 is 56.6 Å². The first-order chi connectivity index (χ1) is 3.41. The van der Waals surface area contributed by atoms with Crippen molar-refractivity contribution in [2.24, 2.45) is 0 Å². The van der Waals surface area contributed by atoms with Crippen molar-refractivity contribution in [3.05, 3.63) is 25.3 Å². The van der Waals surface area contributed by atoms with Crippen LogP contribution >= 0.6 is 0 Å². The van der Waals surface area contributed by atoms with E-state index in [1.165, 1.54) is 8.35 Å². The molecule has 0 nitrogen and oxygen atoms in total. The van der Waals surface area contributed by atoms with E-state index in [0.29, 0.717) is 0 Å². The molecule has 0 amide bonds. The van der Waals surface area contributed by atoms with E-state index in [1.807, 2.05) is 12.2 Å². The Bertz CT molecular complexity index is 49.2. The molecular formula is C6H11In. The van der Waals surface area contributed by atoms with Gasteiger partial charge in [0.1, 0.15) is 0 Å². The molecule has 0 fully saturated rings. The van der Waals surface area contributed by atoms with Crippen molar-refractivity contribution in [2.45, 2.75) is 8.35 Å². The first kappa shape index (κ1) is 7.35. The molecule has 1 heteroatoms. The molecule has 0 aromatic carbocycles. The number of rotatable bonds is 4. The van der Waals surface area contributed by atoms with Crippen LogP contribution in [0.4, 0.5) is 0 Å². The van der Waals surface area contributed by atoms with Crippen LogP contribution in [0.25, 0.3) is 0 Å². The van der Waals surface area contributed by atoms with Crippen LogP contribution in [0.5, 0.6) is 0 Å². The van der Waals surface area contributed by atoms with Gasteiger partial charge in [0.15, 0.2) is 0 Å². The van der Waals surface area contributed by atoms with E-state index in [2.05, 4.69) is 13.2 Å².